The van der Waals surface area contributed by atoms with Crippen LogP contribution in [0.25, 0.3) is 0 Å². The van der Waals surface area contributed by atoms with Crippen LogP contribution in [0.15, 0.2) is 36.4 Å². The lowest BCUT2D eigenvalue weighted by atomic mass is 9.98. The summed E-state index contributed by atoms with van der Waals surface area (Å²) >= 11 is 0. The summed E-state index contributed by atoms with van der Waals surface area (Å²) in [6.45, 7) is 0.435. The Bertz CT molecular complexity index is 611. The minimum absolute atomic E-state index is 0.0135. The fourth-order valence-corrected chi connectivity index (χ4v) is 3.20. The van der Waals surface area contributed by atoms with Gasteiger partial charge < -0.3 is 15.7 Å². The van der Waals surface area contributed by atoms with Gasteiger partial charge in [0.05, 0.1) is 12.3 Å². The Balaban J connectivity index is 1.85. The first-order chi connectivity index (χ1) is 10.1. The summed E-state index contributed by atoms with van der Waals surface area (Å²) in [6.07, 6.45) is 4.39. The van der Waals surface area contributed by atoms with Gasteiger partial charge in [-0.25, -0.2) is 0 Å². The number of carbonyl (C=O) groups is 2. The molecular formula is C16H18N2O3. The number of carboxylic acid groups (broad SMARTS) is 1. The molecule has 3 atom stereocenters. The van der Waals surface area contributed by atoms with Gasteiger partial charge >= 0.3 is 5.97 Å². The first-order valence-electron chi connectivity index (χ1n) is 7.12. The molecular weight excluding hydrogens is 268 g/mol. The van der Waals surface area contributed by atoms with Gasteiger partial charge in [0.2, 0.25) is 5.91 Å². The smallest absolute Gasteiger partial charge is 0.304 e. The highest BCUT2D eigenvalue weighted by molar-refractivity contribution is 5.98. The van der Waals surface area contributed by atoms with Crippen molar-refractivity contribution in [2.24, 2.45) is 11.7 Å². The zero-order valence-corrected chi connectivity index (χ0v) is 11.6. The Kier molecular flexibility index (Phi) is 3.51. The molecule has 21 heavy (non-hydrogen) atoms. The molecule has 0 saturated carbocycles. The molecule has 0 spiro atoms. The van der Waals surface area contributed by atoms with E-state index in [9.17, 15) is 9.59 Å². The highest BCUT2D eigenvalue weighted by Crippen LogP contribution is 2.39. The number of anilines is 1. The third kappa shape index (κ3) is 2.56. The molecule has 1 aromatic rings. The van der Waals surface area contributed by atoms with Crippen LogP contribution < -0.4 is 10.6 Å². The Morgan fingerprint density at radius 3 is 2.71 bits per heavy atom. The molecule has 1 aliphatic carbocycles. The second kappa shape index (κ2) is 5.33. The predicted molar refractivity (Wildman–Crippen MR) is 79.0 cm³/mol. The molecule has 2 aliphatic rings. The Morgan fingerprint density at radius 1 is 1.29 bits per heavy atom. The number of hydrogen-bond donors (Lipinski definition) is 2. The van der Waals surface area contributed by atoms with E-state index in [0.29, 0.717) is 13.0 Å². The molecule has 0 radical (unpaired) electrons. The topological polar surface area (TPSA) is 83.6 Å². The van der Waals surface area contributed by atoms with Gasteiger partial charge in [-0.3, -0.25) is 9.59 Å². The van der Waals surface area contributed by atoms with Crippen LogP contribution in [0.3, 0.4) is 0 Å². The molecule has 0 bridgehead atoms. The SMILES string of the molecule is NC1C=CC(C(=O)N2CC(CC(=O)O)c3ccccc32)C1. The summed E-state index contributed by atoms with van der Waals surface area (Å²) in [5.74, 6) is -1.16. The standard InChI is InChI=1S/C16H18N2O3/c17-12-6-5-10(7-12)16(21)18-9-11(8-15(19)20)13-3-1-2-4-14(13)18/h1-6,10-12H,7-9,17H2,(H,19,20). The van der Waals surface area contributed by atoms with Gasteiger partial charge in [-0.2, -0.15) is 0 Å². The molecule has 1 aromatic carbocycles. The molecule has 5 nitrogen and oxygen atoms in total. The van der Waals surface area contributed by atoms with Crippen LogP contribution in [0.2, 0.25) is 0 Å². The number of carboxylic acids is 1. The van der Waals surface area contributed by atoms with E-state index >= 15 is 0 Å². The molecule has 3 N–H and O–H groups in total. The van der Waals surface area contributed by atoms with Crippen molar-refractivity contribution in [1.82, 2.24) is 0 Å². The van der Waals surface area contributed by atoms with Gasteiger partial charge in [-0.1, -0.05) is 30.4 Å². The van der Waals surface area contributed by atoms with E-state index in [1.54, 1.807) is 4.90 Å². The van der Waals surface area contributed by atoms with Gasteiger partial charge in [0.1, 0.15) is 0 Å². The fourth-order valence-electron chi connectivity index (χ4n) is 3.20. The molecule has 5 heteroatoms. The molecule has 3 rings (SSSR count). The molecule has 1 amide bonds. The maximum Gasteiger partial charge on any atom is 0.304 e. The maximum absolute atomic E-state index is 12.7. The Morgan fingerprint density at radius 2 is 2.05 bits per heavy atom. The molecule has 1 heterocycles. The van der Waals surface area contributed by atoms with E-state index in [1.165, 1.54) is 0 Å². The summed E-state index contributed by atoms with van der Waals surface area (Å²) in [5, 5.41) is 9.04. The number of amides is 1. The average molecular weight is 286 g/mol. The highest BCUT2D eigenvalue weighted by Gasteiger charge is 2.36. The van der Waals surface area contributed by atoms with Crippen LogP contribution in [0.1, 0.15) is 24.3 Å². The molecule has 3 unspecified atom stereocenters. The number of benzene rings is 1. The van der Waals surface area contributed by atoms with Crippen molar-refractivity contribution in [2.45, 2.75) is 24.8 Å². The lowest BCUT2D eigenvalue weighted by molar-refractivity contribution is -0.137. The Hall–Kier alpha value is -2.14. The highest BCUT2D eigenvalue weighted by atomic mass is 16.4. The second-order valence-electron chi connectivity index (χ2n) is 5.69. The van der Waals surface area contributed by atoms with Crippen molar-refractivity contribution >= 4 is 17.6 Å². The minimum atomic E-state index is -0.841. The third-order valence-electron chi connectivity index (χ3n) is 4.19. The van der Waals surface area contributed by atoms with Crippen molar-refractivity contribution in [2.75, 3.05) is 11.4 Å². The summed E-state index contributed by atoms with van der Waals surface area (Å²) in [7, 11) is 0. The van der Waals surface area contributed by atoms with Crippen molar-refractivity contribution in [3.8, 4) is 0 Å². The second-order valence-corrected chi connectivity index (χ2v) is 5.69. The third-order valence-corrected chi connectivity index (χ3v) is 4.19. The fraction of sp³-hybridized carbons (Fsp3) is 0.375. The number of nitrogens with two attached hydrogens (primary N) is 1. The van der Waals surface area contributed by atoms with Crippen molar-refractivity contribution < 1.29 is 14.7 Å². The Labute approximate surface area is 123 Å². The van der Waals surface area contributed by atoms with E-state index in [-0.39, 0.29) is 30.2 Å². The van der Waals surface area contributed by atoms with E-state index in [4.69, 9.17) is 10.8 Å². The van der Waals surface area contributed by atoms with Crippen LogP contribution in [-0.2, 0) is 9.59 Å². The van der Waals surface area contributed by atoms with Crippen LogP contribution in [-0.4, -0.2) is 29.6 Å². The molecule has 0 fully saturated rings. The quantitative estimate of drug-likeness (QED) is 0.825. The first-order valence-corrected chi connectivity index (χ1v) is 7.12. The molecule has 0 saturated heterocycles. The van der Waals surface area contributed by atoms with Gasteiger partial charge in [-0.15, -0.1) is 0 Å². The average Bonchev–Trinajstić information content (AvgIpc) is 3.03. The number of para-hydroxylation sites is 1. The van der Waals surface area contributed by atoms with E-state index in [1.807, 2.05) is 36.4 Å². The molecule has 0 aromatic heterocycles. The number of carbonyl (C=O) groups excluding carboxylic acids is 1. The number of aliphatic carboxylic acids is 1. The van der Waals surface area contributed by atoms with E-state index in [2.05, 4.69) is 0 Å². The van der Waals surface area contributed by atoms with Crippen molar-refractivity contribution in [3.63, 3.8) is 0 Å². The maximum atomic E-state index is 12.7. The van der Waals surface area contributed by atoms with Crippen LogP contribution in [0, 0.1) is 5.92 Å². The zero-order valence-electron chi connectivity index (χ0n) is 11.6. The lowest BCUT2D eigenvalue weighted by Crippen LogP contribution is -2.35. The number of fused-ring (bicyclic) bond motifs is 1. The lowest BCUT2D eigenvalue weighted by Gasteiger charge is -2.21. The van der Waals surface area contributed by atoms with Gasteiger partial charge in [0.15, 0.2) is 0 Å². The molecule has 1 aliphatic heterocycles. The summed E-state index contributed by atoms with van der Waals surface area (Å²) in [6, 6.07) is 7.48. The molecule has 110 valence electrons. The van der Waals surface area contributed by atoms with Crippen molar-refractivity contribution in [1.29, 1.82) is 0 Å². The van der Waals surface area contributed by atoms with Gasteiger partial charge in [0.25, 0.3) is 0 Å². The first kappa shape index (κ1) is 13.8. The predicted octanol–water partition coefficient (Wildman–Crippen LogP) is 1.49. The van der Waals surface area contributed by atoms with Gasteiger partial charge in [-0.05, 0) is 18.1 Å². The van der Waals surface area contributed by atoms with Crippen LogP contribution >= 0.6 is 0 Å². The summed E-state index contributed by atoms with van der Waals surface area (Å²) < 4.78 is 0. The van der Waals surface area contributed by atoms with Crippen molar-refractivity contribution in [3.05, 3.63) is 42.0 Å². The van der Waals surface area contributed by atoms with E-state index < -0.39 is 5.97 Å². The van der Waals surface area contributed by atoms with Crippen LogP contribution in [0.5, 0.6) is 0 Å². The van der Waals surface area contributed by atoms with E-state index in [0.717, 1.165) is 11.3 Å². The van der Waals surface area contributed by atoms with Crippen LogP contribution in [0.4, 0.5) is 5.69 Å². The summed E-state index contributed by atoms with van der Waals surface area (Å²) in [4.78, 5) is 25.4. The number of nitrogens with zero attached hydrogens (tertiary/aromatic N) is 1. The monoisotopic (exact) mass is 286 g/mol. The van der Waals surface area contributed by atoms with Gasteiger partial charge in [0, 0.05) is 24.2 Å². The largest absolute Gasteiger partial charge is 0.481 e. The zero-order chi connectivity index (χ0) is 15.0. The number of rotatable bonds is 3. The number of hydrogen-bond acceptors (Lipinski definition) is 3. The minimum Gasteiger partial charge on any atom is -0.481 e. The normalized spacial score (nSPS) is 26.9. The summed E-state index contributed by atoms with van der Waals surface area (Å²) in [5.41, 5.74) is 7.59.